The van der Waals surface area contributed by atoms with Crippen molar-refractivity contribution in [2.45, 2.75) is 39.2 Å². The second kappa shape index (κ2) is 3.29. The Labute approximate surface area is 87.3 Å². The number of tetrazole rings is 1. The van der Waals surface area contributed by atoms with Crippen molar-refractivity contribution in [3.63, 3.8) is 0 Å². The lowest BCUT2D eigenvalue weighted by atomic mass is 10.1. The van der Waals surface area contributed by atoms with Gasteiger partial charge in [0.15, 0.2) is 5.82 Å². The predicted molar refractivity (Wildman–Crippen MR) is 51.2 cm³/mol. The molecule has 1 aromatic rings. The smallest absolute Gasteiger partial charge is 0.305 e. The van der Waals surface area contributed by atoms with Crippen molar-refractivity contribution in [2.75, 3.05) is 0 Å². The number of carboxylic acids is 1. The van der Waals surface area contributed by atoms with Gasteiger partial charge in [-0.3, -0.25) is 4.79 Å². The summed E-state index contributed by atoms with van der Waals surface area (Å²) in [4.78, 5) is 10.4. The summed E-state index contributed by atoms with van der Waals surface area (Å²) in [6, 6.07) is 0. The van der Waals surface area contributed by atoms with Gasteiger partial charge in [0.1, 0.15) is 0 Å². The molecule has 0 radical (unpaired) electrons. The highest BCUT2D eigenvalue weighted by atomic mass is 16.4. The van der Waals surface area contributed by atoms with Crippen LogP contribution in [-0.2, 0) is 11.3 Å². The van der Waals surface area contributed by atoms with Crippen molar-refractivity contribution >= 4 is 5.97 Å². The van der Waals surface area contributed by atoms with Gasteiger partial charge < -0.3 is 5.11 Å². The first-order valence-electron chi connectivity index (χ1n) is 4.98. The normalized spacial score (nSPS) is 22.7. The Bertz CT molecular complexity index is 385. The number of carbonyl (C=O) groups is 1. The average Bonchev–Trinajstić information content (AvgIpc) is 2.62. The van der Waals surface area contributed by atoms with Crippen LogP contribution in [0, 0.1) is 5.41 Å². The van der Waals surface area contributed by atoms with Gasteiger partial charge >= 0.3 is 5.97 Å². The average molecular weight is 210 g/mol. The molecule has 15 heavy (non-hydrogen) atoms. The molecule has 1 N–H and O–H groups in total. The Morgan fingerprint density at radius 3 is 2.87 bits per heavy atom. The minimum Gasteiger partial charge on any atom is -0.481 e. The van der Waals surface area contributed by atoms with Crippen LogP contribution in [0.25, 0.3) is 0 Å². The van der Waals surface area contributed by atoms with Crippen LogP contribution in [0.2, 0.25) is 0 Å². The number of rotatable bonds is 4. The first-order valence-corrected chi connectivity index (χ1v) is 4.98. The Morgan fingerprint density at radius 2 is 2.33 bits per heavy atom. The van der Waals surface area contributed by atoms with Crippen molar-refractivity contribution in [3.05, 3.63) is 5.82 Å². The third-order valence-corrected chi connectivity index (χ3v) is 2.92. The lowest BCUT2D eigenvalue weighted by molar-refractivity contribution is -0.137. The van der Waals surface area contributed by atoms with Crippen molar-refractivity contribution in [3.8, 4) is 0 Å². The molecule has 1 aliphatic rings. The van der Waals surface area contributed by atoms with Crippen molar-refractivity contribution in [1.82, 2.24) is 20.2 Å². The maximum absolute atomic E-state index is 10.4. The fourth-order valence-corrected chi connectivity index (χ4v) is 1.73. The van der Waals surface area contributed by atoms with E-state index in [1.807, 2.05) is 0 Å². The van der Waals surface area contributed by atoms with Crippen LogP contribution >= 0.6 is 0 Å². The van der Waals surface area contributed by atoms with Gasteiger partial charge in [-0.2, -0.15) is 0 Å². The molecule has 2 rings (SSSR count). The summed E-state index contributed by atoms with van der Waals surface area (Å²) in [5.74, 6) is 0.369. The molecule has 1 aromatic heterocycles. The number of aliphatic carboxylic acids is 1. The number of hydrogen-bond donors (Lipinski definition) is 1. The fourth-order valence-electron chi connectivity index (χ4n) is 1.73. The van der Waals surface area contributed by atoms with Crippen molar-refractivity contribution in [1.29, 1.82) is 0 Å². The fraction of sp³-hybridized carbons (Fsp3) is 0.778. The highest BCUT2D eigenvalue weighted by Crippen LogP contribution is 2.57. The van der Waals surface area contributed by atoms with Crippen LogP contribution < -0.4 is 0 Å². The molecule has 0 aromatic carbocycles. The van der Waals surface area contributed by atoms with E-state index in [2.05, 4.69) is 29.4 Å². The number of carboxylic acid groups (broad SMARTS) is 1. The van der Waals surface area contributed by atoms with E-state index < -0.39 is 5.97 Å². The molecule has 0 bridgehead atoms. The zero-order valence-corrected chi connectivity index (χ0v) is 8.84. The molecule has 1 aliphatic carbocycles. The molecule has 82 valence electrons. The quantitative estimate of drug-likeness (QED) is 0.789. The van der Waals surface area contributed by atoms with Gasteiger partial charge in [-0.25, -0.2) is 4.68 Å². The second-order valence-corrected chi connectivity index (χ2v) is 4.65. The number of nitrogens with zero attached hydrogens (tertiary/aromatic N) is 4. The monoisotopic (exact) mass is 210 g/mol. The Hall–Kier alpha value is -1.46. The van der Waals surface area contributed by atoms with Gasteiger partial charge in [0.2, 0.25) is 0 Å². The SMILES string of the molecule is CC1(C)CC1c1nnnn1CCC(=O)O. The molecule has 6 nitrogen and oxygen atoms in total. The highest BCUT2D eigenvalue weighted by Gasteiger charge is 2.49. The zero-order valence-electron chi connectivity index (χ0n) is 8.84. The topological polar surface area (TPSA) is 80.9 Å². The molecule has 0 amide bonds. The lowest BCUT2D eigenvalue weighted by Gasteiger charge is -2.03. The highest BCUT2D eigenvalue weighted by molar-refractivity contribution is 5.66. The Kier molecular flexibility index (Phi) is 2.21. The molecule has 6 heteroatoms. The van der Waals surface area contributed by atoms with E-state index >= 15 is 0 Å². The van der Waals surface area contributed by atoms with Gasteiger partial charge in [0.25, 0.3) is 0 Å². The third kappa shape index (κ3) is 1.98. The summed E-state index contributed by atoms with van der Waals surface area (Å²) in [6.07, 6.45) is 1.13. The van der Waals surface area contributed by atoms with Gasteiger partial charge in [-0.05, 0) is 22.3 Å². The van der Waals surface area contributed by atoms with E-state index in [-0.39, 0.29) is 11.8 Å². The standard InChI is InChI=1S/C9H14N4O2/c1-9(2)5-6(9)8-10-11-12-13(8)4-3-7(14)15/h6H,3-5H2,1-2H3,(H,14,15). The minimum absolute atomic E-state index is 0.0607. The van der Waals surface area contributed by atoms with E-state index in [0.717, 1.165) is 12.2 Å². The predicted octanol–water partition coefficient (Wildman–Crippen LogP) is 0.661. The lowest BCUT2D eigenvalue weighted by Crippen LogP contribution is -2.10. The van der Waals surface area contributed by atoms with Gasteiger partial charge in [-0.1, -0.05) is 13.8 Å². The van der Waals surface area contributed by atoms with E-state index in [9.17, 15) is 4.79 Å². The minimum atomic E-state index is -0.827. The Morgan fingerprint density at radius 1 is 1.67 bits per heavy atom. The molecule has 0 aliphatic heterocycles. The largest absolute Gasteiger partial charge is 0.481 e. The molecule has 0 spiro atoms. The molecule has 1 heterocycles. The van der Waals surface area contributed by atoms with Crippen LogP contribution in [0.1, 0.15) is 38.4 Å². The summed E-state index contributed by atoms with van der Waals surface area (Å²) >= 11 is 0. The summed E-state index contributed by atoms with van der Waals surface area (Å²) < 4.78 is 1.60. The van der Waals surface area contributed by atoms with Crippen LogP contribution in [0.5, 0.6) is 0 Å². The summed E-state index contributed by atoms with van der Waals surface area (Å²) in [5.41, 5.74) is 0.260. The first kappa shape index (κ1) is 10.1. The third-order valence-electron chi connectivity index (χ3n) is 2.92. The van der Waals surface area contributed by atoms with Crippen LogP contribution in [0.4, 0.5) is 0 Å². The first-order chi connectivity index (χ1) is 7.00. The number of aromatic nitrogens is 4. The van der Waals surface area contributed by atoms with Gasteiger partial charge in [-0.15, -0.1) is 5.10 Å². The molecule has 1 fully saturated rings. The molecule has 1 saturated carbocycles. The number of hydrogen-bond acceptors (Lipinski definition) is 4. The maximum Gasteiger partial charge on any atom is 0.305 e. The molecule has 0 saturated heterocycles. The van der Waals surface area contributed by atoms with Crippen LogP contribution in [0.3, 0.4) is 0 Å². The molecular weight excluding hydrogens is 196 g/mol. The van der Waals surface area contributed by atoms with Gasteiger partial charge in [0.05, 0.1) is 13.0 Å². The van der Waals surface area contributed by atoms with Gasteiger partial charge in [0, 0.05) is 5.92 Å². The van der Waals surface area contributed by atoms with E-state index in [0.29, 0.717) is 12.5 Å². The maximum atomic E-state index is 10.4. The molecular formula is C9H14N4O2. The summed E-state index contributed by atoms with van der Waals surface area (Å²) in [7, 11) is 0. The summed E-state index contributed by atoms with van der Waals surface area (Å²) in [6.45, 7) is 4.67. The molecule has 1 atom stereocenters. The second-order valence-electron chi connectivity index (χ2n) is 4.65. The summed E-state index contributed by atoms with van der Waals surface area (Å²) in [5, 5.41) is 19.9. The van der Waals surface area contributed by atoms with Crippen molar-refractivity contribution in [2.24, 2.45) is 5.41 Å². The number of aryl methyl sites for hydroxylation is 1. The van der Waals surface area contributed by atoms with E-state index in [1.165, 1.54) is 0 Å². The molecule has 1 unspecified atom stereocenters. The van der Waals surface area contributed by atoms with Crippen molar-refractivity contribution < 1.29 is 9.90 Å². The van der Waals surface area contributed by atoms with Crippen LogP contribution in [-0.4, -0.2) is 31.3 Å². The van der Waals surface area contributed by atoms with E-state index in [1.54, 1.807) is 4.68 Å². The van der Waals surface area contributed by atoms with Crippen LogP contribution in [0.15, 0.2) is 0 Å². The Balaban J connectivity index is 2.06. The zero-order chi connectivity index (χ0) is 11.1. The van der Waals surface area contributed by atoms with E-state index in [4.69, 9.17) is 5.11 Å².